The third kappa shape index (κ3) is 3.37. The van der Waals surface area contributed by atoms with Crippen LogP contribution in [-0.2, 0) is 7.05 Å². The highest BCUT2D eigenvalue weighted by Crippen LogP contribution is 2.30. The molecule has 1 heterocycles. The number of aromatic nitrogens is 2. The van der Waals surface area contributed by atoms with Crippen LogP contribution in [0.3, 0.4) is 0 Å². The maximum atomic E-state index is 10.1. The summed E-state index contributed by atoms with van der Waals surface area (Å²) in [5.74, 6) is 0.216. The summed E-state index contributed by atoms with van der Waals surface area (Å²) < 4.78 is 2.81. The summed E-state index contributed by atoms with van der Waals surface area (Å²) in [5, 5.41) is 20.0. The van der Waals surface area contributed by atoms with E-state index in [0.29, 0.717) is 0 Å². The van der Waals surface area contributed by atoms with E-state index >= 15 is 0 Å². The second kappa shape index (κ2) is 6.26. The van der Waals surface area contributed by atoms with E-state index in [1.165, 1.54) is 5.39 Å². The Kier molecular flexibility index (Phi) is 3.93. The van der Waals surface area contributed by atoms with Gasteiger partial charge in [0.15, 0.2) is 0 Å². The van der Waals surface area contributed by atoms with Crippen LogP contribution in [0.25, 0.3) is 21.9 Å². The Labute approximate surface area is 153 Å². The molecule has 0 saturated heterocycles. The predicted molar refractivity (Wildman–Crippen MR) is 105 cm³/mol. The molecule has 5 heteroatoms. The lowest BCUT2D eigenvalue weighted by molar-refractivity contribution is 0.476. The quantitative estimate of drug-likeness (QED) is 0.486. The third-order valence-electron chi connectivity index (χ3n) is 4.05. The van der Waals surface area contributed by atoms with E-state index in [1.54, 1.807) is 23.0 Å². The largest absolute Gasteiger partial charge is 0.508 e. The van der Waals surface area contributed by atoms with Crippen LogP contribution >= 0.6 is 15.9 Å². The first kappa shape index (κ1) is 15.7. The minimum atomic E-state index is 0.216. The summed E-state index contributed by atoms with van der Waals surface area (Å²) in [6.45, 7) is 0. The van der Waals surface area contributed by atoms with E-state index in [-0.39, 0.29) is 5.75 Å². The number of phenolic OH excluding ortho intramolecular Hbond substituents is 1. The van der Waals surface area contributed by atoms with E-state index in [1.807, 2.05) is 31.4 Å². The summed E-state index contributed by atoms with van der Waals surface area (Å²) in [7, 11) is 1.87. The molecule has 0 aliphatic heterocycles. The van der Waals surface area contributed by atoms with Crippen molar-refractivity contribution in [2.75, 3.05) is 5.32 Å². The zero-order chi connectivity index (χ0) is 17.4. The molecule has 0 saturated carbocycles. The van der Waals surface area contributed by atoms with Gasteiger partial charge in [0.25, 0.3) is 0 Å². The standard InChI is InChI=1S/C20H16BrN3O/c1-24-12-16(11-22-24)15-8-19(10-20(25)9-15)23-18-5-3-13-6-17(21)4-2-14(13)7-18/h2-12,23,25H,1H3. The number of phenols is 1. The molecule has 2 N–H and O–H groups in total. The van der Waals surface area contributed by atoms with Gasteiger partial charge in [0.05, 0.1) is 6.20 Å². The summed E-state index contributed by atoms with van der Waals surface area (Å²) in [4.78, 5) is 0. The fourth-order valence-corrected chi connectivity index (χ4v) is 3.26. The van der Waals surface area contributed by atoms with Crippen molar-refractivity contribution < 1.29 is 5.11 Å². The van der Waals surface area contributed by atoms with Gasteiger partial charge in [-0.05, 0) is 52.7 Å². The monoisotopic (exact) mass is 393 g/mol. The molecule has 0 bridgehead atoms. The van der Waals surface area contributed by atoms with Crippen LogP contribution in [0.15, 0.2) is 71.5 Å². The van der Waals surface area contributed by atoms with Crippen molar-refractivity contribution in [2.45, 2.75) is 0 Å². The van der Waals surface area contributed by atoms with Gasteiger partial charge in [-0.15, -0.1) is 0 Å². The Hall–Kier alpha value is -2.79. The maximum Gasteiger partial charge on any atom is 0.118 e. The molecule has 0 spiro atoms. The van der Waals surface area contributed by atoms with Gasteiger partial charge in [-0.25, -0.2) is 0 Å². The molecule has 124 valence electrons. The minimum absolute atomic E-state index is 0.216. The molecular formula is C20H16BrN3O. The van der Waals surface area contributed by atoms with Gasteiger partial charge >= 0.3 is 0 Å². The zero-order valence-electron chi connectivity index (χ0n) is 13.6. The van der Waals surface area contributed by atoms with Gasteiger partial charge in [0.1, 0.15) is 5.75 Å². The van der Waals surface area contributed by atoms with Gasteiger partial charge in [0, 0.05) is 40.7 Å². The Balaban J connectivity index is 1.68. The number of aryl methyl sites for hydroxylation is 1. The molecular weight excluding hydrogens is 378 g/mol. The van der Waals surface area contributed by atoms with Crippen LogP contribution in [0.5, 0.6) is 5.75 Å². The lowest BCUT2D eigenvalue weighted by Crippen LogP contribution is -1.91. The van der Waals surface area contributed by atoms with Crippen LogP contribution in [0.1, 0.15) is 0 Å². The number of aromatic hydroxyl groups is 1. The maximum absolute atomic E-state index is 10.1. The number of fused-ring (bicyclic) bond motifs is 1. The molecule has 1 aromatic heterocycles. The van der Waals surface area contributed by atoms with Crippen LogP contribution < -0.4 is 5.32 Å². The predicted octanol–water partition coefficient (Wildman–Crippen LogP) is 5.45. The Morgan fingerprint density at radius 2 is 1.72 bits per heavy atom. The van der Waals surface area contributed by atoms with Gasteiger partial charge < -0.3 is 10.4 Å². The summed E-state index contributed by atoms with van der Waals surface area (Å²) in [5.41, 5.74) is 3.68. The smallest absolute Gasteiger partial charge is 0.118 e. The Bertz CT molecular complexity index is 1070. The number of nitrogens with zero attached hydrogens (tertiary/aromatic N) is 2. The number of halogens is 1. The van der Waals surface area contributed by atoms with Gasteiger partial charge in [-0.2, -0.15) is 5.10 Å². The number of hydrogen-bond acceptors (Lipinski definition) is 3. The molecule has 4 aromatic rings. The topological polar surface area (TPSA) is 50.1 Å². The first-order valence-electron chi connectivity index (χ1n) is 7.86. The Morgan fingerprint density at radius 3 is 2.52 bits per heavy atom. The van der Waals surface area contributed by atoms with Gasteiger partial charge in [-0.1, -0.05) is 28.1 Å². The highest BCUT2D eigenvalue weighted by atomic mass is 79.9. The second-order valence-corrected chi connectivity index (χ2v) is 6.92. The molecule has 3 aromatic carbocycles. The van der Waals surface area contributed by atoms with Crippen molar-refractivity contribution in [2.24, 2.45) is 7.05 Å². The number of anilines is 2. The van der Waals surface area contributed by atoms with Crippen molar-refractivity contribution in [3.05, 3.63) is 71.5 Å². The van der Waals surface area contributed by atoms with Crippen molar-refractivity contribution in [1.29, 1.82) is 0 Å². The average Bonchev–Trinajstić information content (AvgIpc) is 3.01. The summed E-state index contributed by atoms with van der Waals surface area (Å²) in [6.07, 6.45) is 3.71. The lowest BCUT2D eigenvalue weighted by Gasteiger charge is -2.10. The molecule has 0 unspecified atom stereocenters. The minimum Gasteiger partial charge on any atom is -0.508 e. The molecule has 25 heavy (non-hydrogen) atoms. The van der Waals surface area contributed by atoms with E-state index < -0.39 is 0 Å². The van der Waals surface area contributed by atoms with Crippen LogP contribution in [0, 0.1) is 0 Å². The Morgan fingerprint density at radius 1 is 0.920 bits per heavy atom. The van der Waals surface area contributed by atoms with E-state index in [0.717, 1.165) is 32.4 Å². The second-order valence-electron chi connectivity index (χ2n) is 6.00. The molecule has 0 aliphatic rings. The first-order chi connectivity index (χ1) is 12.1. The highest BCUT2D eigenvalue weighted by molar-refractivity contribution is 9.10. The first-order valence-corrected chi connectivity index (χ1v) is 8.65. The molecule has 0 amide bonds. The zero-order valence-corrected chi connectivity index (χ0v) is 15.2. The van der Waals surface area contributed by atoms with Gasteiger partial charge in [-0.3, -0.25) is 4.68 Å². The fraction of sp³-hybridized carbons (Fsp3) is 0.0500. The molecule has 4 nitrogen and oxygen atoms in total. The SMILES string of the molecule is Cn1cc(-c2cc(O)cc(Nc3ccc4cc(Br)ccc4c3)c2)cn1. The highest BCUT2D eigenvalue weighted by Gasteiger charge is 2.06. The van der Waals surface area contributed by atoms with E-state index in [9.17, 15) is 5.11 Å². The fourth-order valence-electron chi connectivity index (χ4n) is 2.88. The summed E-state index contributed by atoms with van der Waals surface area (Å²) in [6, 6.07) is 17.8. The van der Waals surface area contributed by atoms with Crippen molar-refractivity contribution in [3.63, 3.8) is 0 Å². The average molecular weight is 394 g/mol. The molecule has 0 fully saturated rings. The number of benzene rings is 3. The van der Waals surface area contributed by atoms with Crippen LogP contribution in [0.4, 0.5) is 11.4 Å². The van der Waals surface area contributed by atoms with E-state index in [4.69, 9.17) is 0 Å². The third-order valence-corrected chi connectivity index (χ3v) is 4.54. The summed E-state index contributed by atoms with van der Waals surface area (Å²) >= 11 is 3.49. The number of rotatable bonds is 3. The molecule has 0 atom stereocenters. The molecule has 0 aliphatic carbocycles. The van der Waals surface area contributed by atoms with Crippen molar-refractivity contribution in [1.82, 2.24) is 9.78 Å². The van der Waals surface area contributed by atoms with Crippen molar-refractivity contribution >= 4 is 38.1 Å². The van der Waals surface area contributed by atoms with Crippen LogP contribution in [-0.4, -0.2) is 14.9 Å². The number of nitrogens with one attached hydrogen (secondary N) is 1. The number of hydrogen-bond donors (Lipinski definition) is 2. The van der Waals surface area contributed by atoms with E-state index in [2.05, 4.69) is 50.6 Å². The normalized spacial score (nSPS) is 11.0. The van der Waals surface area contributed by atoms with Crippen molar-refractivity contribution in [3.8, 4) is 16.9 Å². The lowest BCUT2D eigenvalue weighted by atomic mass is 10.1. The molecule has 4 rings (SSSR count). The van der Waals surface area contributed by atoms with Crippen LogP contribution in [0.2, 0.25) is 0 Å². The van der Waals surface area contributed by atoms with Gasteiger partial charge in [0.2, 0.25) is 0 Å². The molecule has 0 radical (unpaired) electrons.